The maximum Gasteiger partial charge on any atom is 0.356 e. The zero-order valence-electron chi connectivity index (χ0n) is 12.3. The molecule has 3 N–H and O–H groups in total. The number of hydrogen-bond donors (Lipinski definition) is 3. The van der Waals surface area contributed by atoms with E-state index < -0.39 is 5.97 Å². The van der Waals surface area contributed by atoms with Gasteiger partial charge in [0, 0.05) is 38.5 Å². The summed E-state index contributed by atoms with van der Waals surface area (Å²) in [5.74, 6) is -1.08. The third-order valence-corrected chi connectivity index (χ3v) is 2.94. The SMILES string of the molecule is CC(C)N(CCCO)C(=O)NCCn1cnc(C(=O)O)c1. The van der Waals surface area contributed by atoms with E-state index in [1.807, 2.05) is 13.8 Å². The molecule has 1 heterocycles. The minimum Gasteiger partial charge on any atom is -0.476 e. The number of aliphatic hydroxyl groups is 1. The highest BCUT2D eigenvalue weighted by Gasteiger charge is 2.15. The van der Waals surface area contributed by atoms with Crippen LogP contribution in [0.15, 0.2) is 12.5 Å². The summed E-state index contributed by atoms with van der Waals surface area (Å²) >= 11 is 0. The van der Waals surface area contributed by atoms with Gasteiger partial charge in [-0.1, -0.05) is 0 Å². The van der Waals surface area contributed by atoms with Gasteiger partial charge in [-0.3, -0.25) is 0 Å². The average molecular weight is 298 g/mol. The van der Waals surface area contributed by atoms with Crippen molar-refractivity contribution in [1.82, 2.24) is 19.8 Å². The van der Waals surface area contributed by atoms with Gasteiger partial charge in [0.2, 0.25) is 0 Å². The Hall–Kier alpha value is -2.09. The summed E-state index contributed by atoms with van der Waals surface area (Å²) in [6.07, 6.45) is 3.37. The molecule has 1 rings (SSSR count). The molecule has 2 amide bonds. The van der Waals surface area contributed by atoms with Crippen molar-refractivity contribution in [3.63, 3.8) is 0 Å². The molecule has 0 aliphatic carbocycles. The summed E-state index contributed by atoms with van der Waals surface area (Å²) < 4.78 is 1.61. The Kier molecular flexibility index (Phi) is 6.67. The van der Waals surface area contributed by atoms with Crippen molar-refractivity contribution in [2.75, 3.05) is 19.7 Å². The van der Waals surface area contributed by atoms with Crippen LogP contribution in [0, 0.1) is 0 Å². The summed E-state index contributed by atoms with van der Waals surface area (Å²) in [5, 5.41) is 20.4. The van der Waals surface area contributed by atoms with Crippen LogP contribution in [-0.2, 0) is 6.54 Å². The van der Waals surface area contributed by atoms with Gasteiger partial charge < -0.3 is 25.0 Å². The number of imidazole rings is 1. The first-order valence-corrected chi connectivity index (χ1v) is 6.86. The maximum absolute atomic E-state index is 12.0. The van der Waals surface area contributed by atoms with E-state index in [0.29, 0.717) is 26.1 Å². The molecule has 1 aromatic rings. The predicted molar refractivity (Wildman–Crippen MR) is 76.1 cm³/mol. The highest BCUT2D eigenvalue weighted by atomic mass is 16.4. The Balaban J connectivity index is 2.41. The van der Waals surface area contributed by atoms with Gasteiger partial charge in [-0.15, -0.1) is 0 Å². The Morgan fingerprint density at radius 1 is 1.48 bits per heavy atom. The number of amides is 2. The molecule has 0 radical (unpaired) electrons. The van der Waals surface area contributed by atoms with E-state index in [1.54, 1.807) is 9.47 Å². The van der Waals surface area contributed by atoms with Crippen molar-refractivity contribution >= 4 is 12.0 Å². The molecule has 0 bridgehead atoms. The average Bonchev–Trinajstić information content (AvgIpc) is 2.88. The number of urea groups is 1. The molecular weight excluding hydrogens is 276 g/mol. The summed E-state index contributed by atoms with van der Waals surface area (Å²) in [4.78, 5) is 28.1. The van der Waals surface area contributed by atoms with Crippen LogP contribution in [0.4, 0.5) is 4.79 Å². The van der Waals surface area contributed by atoms with Crippen LogP contribution in [0.2, 0.25) is 0 Å². The molecule has 21 heavy (non-hydrogen) atoms. The van der Waals surface area contributed by atoms with Crippen molar-refractivity contribution in [2.24, 2.45) is 0 Å². The van der Waals surface area contributed by atoms with E-state index in [9.17, 15) is 9.59 Å². The van der Waals surface area contributed by atoms with Crippen LogP contribution in [0.25, 0.3) is 0 Å². The third-order valence-electron chi connectivity index (χ3n) is 2.94. The van der Waals surface area contributed by atoms with Crippen molar-refractivity contribution in [3.8, 4) is 0 Å². The van der Waals surface area contributed by atoms with Crippen LogP contribution in [0.1, 0.15) is 30.8 Å². The van der Waals surface area contributed by atoms with E-state index in [-0.39, 0.29) is 24.4 Å². The number of carbonyl (C=O) groups excluding carboxylic acids is 1. The molecule has 8 heteroatoms. The quantitative estimate of drug-likeness (QED) is 0.643. The van der Waals surface area contributed by atoms with E-state index >= 15 is 0 Å². The number of aromatic carboxylic acids is 1. The van der Waals surface area contributed by atoms with Crippen molar-refractivity contribution in [3.05, 3.63) is 18.2 Å². The molecule has 0 aromatic carbocycles. The van der Waals surface area contributed by atoms with Crippen LogP contribution in [0.5, 0.6) is 0 Å². The molecule has 0 aliphatic heterocycles. The first-order chi connectivity index (χ1) is 9.95. The zero-order valence-corrected chi connectivity index (χ0v) is 12.3. The number of carboxylic acids is 1. The van der Waals surface area contributed by atoms with Gasteiger partial charge in [0.25, 0.3) is 0 Å². The molecule has 0 spiro atoms. The van der Waals surface area contributed by atoms with Crippen molar-refractivity contribution in [1.29, 1.82) is 0 Å². The van der Waals surface area contributed by atoms with E-state index in [2.05, 4.69) is 10.3 Å². The minimum absolute atomic E-state index is 0.0203. The lowest BCUT2D eigenvalue weighted by Crippen LogP contribution is -2.45. The Bertz CT molecular complexity index is 472. The molecule has 0 atom stereocenters. The van der Waals surface area contributed by atoms with Gasteiger partial charge in [0.15, 0.2) is 5.69 Å². The number of hydrogen-bond acceptors (Lipinski definition) is 4. The predicted octanol–water partition coefficient (Wildman–Crippen LogP) is 0.384. The van der Waals surface area contributed by atoms with E-state index in [4.69, 9.17) is 10.2 Å². The number of nitrogens with zero attached hydrogens (tertiary/aromatic N) is 3. The van der Waals surface area contributed by atoms with Crippen LogP contribution in [-0.4, -0.2) is 62.4 Å². The van der Waals surface area contributed by atoms with E-state index in [1.165, 1.54) is 12.5 Å². The Labute approximate surface area is 123 Å². The molecule has 0 aliphatic rings. The van der Waals surface area contributed by atoms with Crippen LogP contribution in [0.3, 0.4) is 0 Å². The second kappa shape index (κ2) is 8.25. The molecule has 0 saturated carbocycles. The fourth-order valence-corrected chi connectivity index (χ4v) is 1.82. The van der Waals surface area contributed by atoms with Gasteiger partial charge in [0.05, 0.1) is 6.33 Å². The van der Waals surface area contributed by atoms with Crippen LogP contribution < -0.4 is 5.32 Å². The largest absolute Gasteiger partial charge is 0.476 e. The lowest BCUT2D eigenvalue weighted by atomic mass is 10.3. The van der Waals surface area contributed by atoms with Gasteiger partial charge in [-0.2, -0.15) is 0 Å². The molecule has 8 nitrogen and oxygen atoms in total. The second-order valence-electron chi connectivity index (χ2n) is 4.90. The topological polar surface area (TPSA) is 108 Å². The molecular formula is C13H22N4O4. The molecule has 0 saturated heterocycles. The second-order valence-corrected chi connectivity index (χ2v) is 4.90. The highest BCUT2D eigenvalue weighted by molar-refractivity contribution is 5.84. The standard InChI is InChI=1S/C13H22N4O4/c1-10(2)17(5-3-7-18)13(21)14-4-6-16-8-11(12(19)20)15-9-16/h8-10,18H,3-7H2,1-2H3,(H,14,21)(H,19,20). The zero-order chi connectivity index (χ0) is 15.8. The first-order valence-electron chi connectivity index (χ1n) is 6.86. The van der Waals surface area contributed by atoms with Gasteiger partial charge in [-0.05, 0) is 20.3 Å². The summed E-state index contributed by atoms with van der Waals surface area (Å²) in [6.45, 7) is 5.17. The maximum atomic E-state index is 12.0. The number of carboxylic acid groups (broad SMARTS) is 1. The number of aromatic nitrogens is 2. The Morgan fingerprint density at radius 2 is 2.19 bits per heavy atom. The third kappa shape index (κ3) is 5.42. The normalized spacial score (nSPS) is 10.7. The number of carbonyl (C=O) groups is 2. The monoisotopic (exact) mass is 298 g/mol. The minimum atomic E-state index is -1.08. The van der Waals surface area contributed by atoms with Crippen molar-refractivity contribution in [2.45, 2.75) is 32.9 Å². The lowest BCUT2D eigenvalue weighted by molar-refractivity contribution is 0.0691. The Morgan fingerprint density at radius 3 is 2.71 bits per heavy atom. The summed E-state index contributed by atoms with van der Waals surface area (Å²) in [5.41, 5.74) is -0.0203. The van der Waals surface area contributed by atoms with Gasteiger partial charge in [0.1, 0.15) is 0 Å². The van der Waals surface area contributed by atoms with Gasteiger partial charge in [-0.25, -0.2) is 14.6 Å². The summed E-state index contributed by atoms with van der Waals surface area (Å²) in [7, 11) is 0. The number of nitrogens with one attached hydrogen (secondary N) is 1. The highest BCUT2D eigenvalue weighted by Crippen LogP contribution is 2.00. The molecule has 0 unspecified atom stereocenters. The van der Waals surface area contributed by atoms with Crippen LogP contribution >= 0.6 is 0 Å². The molecule has 1 aromatic heterocycles. The number of rotatable bonds is 8. The smallest absolute Gasteiger partial charge is 0.356 e. The first kappa shape index (κ1) is 17.0. The molecule has 118 valence electrons. The fraction of sp³-hybridized carbons (Fsp3) is 0.615. The van der Waals surface area contributed by atoms with Gasteiger partial charge >= 0.3 is 12.0 Å². The van der Waals surface area contributed by atoms with E-state index in [0.717, 1.165) is 0 Å². The van der Waals surface area contributed by atoms with Crippen molar-refractivity contribution < 1.29 is 19.8 Å². The lowest BCUT2D eigenvalue weighted by Gasteiger charge is -2.26. The molecule has 0 fully saturated rings. The fourth-order valence-electron chi connectivity index (χ4n) is 1.82. The summed E-state index contributed by atoms with van der Waals surface area (Å²) in [6, 6.07) is -0.152. The number of aliphatic hydroxyl groups excluding tert-OH is 1.